The van der Waals surface area contributed by atoms with Crippen LogP contribution in [-0.2, 0) is 4.74 Å². The van der Waals surface area contributed by atoms with Crippen molar-refractivity contribution in [2.75, 3.05) is 39.9 Å². The van der Waals surface area contributed by atoms with Crippen molar-refractivity contribution in [3.63, 3.8) is 0 Å². The van der Waals surface area contributed by atoms with E-state index in [0.717, 1.165) is 44.3 Å². The maximum absolute atomic E-state index is 6.24. The Morgan fingerprint density at radius 3 is 2.75 bits per heavy atom. The third kappa shape index (κ3) is 6.23. The van der Waals surface area contributed by atoms with Gasteiger partial charge >= 0.3 is 0 Å². The zero-order valence-electron chi connectivity index (χ0n) is 12.9. The minimum atomic E-state index is 0.328. The van der Waals surface area contributed by atoms with Crippen LogP contribution in [0, 0.1) is 0 Å². The van der Waals surface area contributed by atoms with Gasteiger partial charge in [-0.05, 0) is 45.5 Å². The SMILES string of the molecule is CCOCCCNCCN(C)C(C)c1ccccc1Cl. The molecule has 0 saturated carbocycles. The standard InChI is InChI=1S/C16H27ClN2O/c1-4-20-13-7-10-18-11-12-19(3)14(2)15-8-5-6-9-16(15)17/h5-6,8-9,14,18H,4,7,10-13H2,1-3H3. The van der Waals surface area contributed by atoms with Gasteiger partial charge in [0, 0.05) is 37.4 Å². The summed E-state index contributed by atoms with van der Waals surface area (Å²) in [5, 5.41) is 4.29. The number of nitrogens with one attached hydrogen (secondary N) is 1. The predicted molar refractivity (Wildman–Crippen MR) is 86.5 cm³/mol. The second kappa shape index (κ2) is 10.2. The highest BCUT2D eigenvalue weighted by Crippen LogP contribution is 2.25. The molecule has 0 aromatic heterocycles. The van der Waals surface area contributed by atoms with Crippen LogP contribution in [0.25, 0.3) is 0 Å². The quantitative estimate of drug-likeness (QED) is 0.671. The maximum Gasteiger partial charge on any atom is 0.0477 e. The average Bonchev–Trinajstić information content (AvgIpc) is 2.46. The summed E-state index contributed by atoms with van der Waals surface area (Å²) in [7, 11) is 2.13. The number of likely N-dealkylation sites (N-methyl/N-ethyl adjacent to an activating group) is 1. The lowest BCUT2D eigenvalue weighted by atomic mass is 10.1. The molecule has 20 heavy (non-hydrogen) atoms. The lowest BCUT2D eigenvalue weighted by molar-refractivity contribution is 0.144. The molecule has 1 rings (SSSR count). The van der Waals surface area contributed by atoms with Gasteiger partial charge in [-0.2, -0.15) is 0 Å². The van der Waals surface area contributed by atoms with Gasteiger partial charge in [-0.1, -0.05) is 29.8 Å². The Labute approximate surface area is 128 Å². The Morgan fingerprint density at radius 2 is 2.05 bits per heavy atom. The van der Waals surface area contributed by atoms with Crippen LogP contribution < -0.4 is 5.32 Å². The van der Waals surface area contributed by atoms with E-state index < -0.39 is 0 Å². The van der Waals surface area contributed by atoms with E-state index in [-0.39, 0.29) is 0 Å². The molecule has 0 radical (unpaired) electrons. The number of hydrogen-bond donors (Lipinski definition) is 1. The van der Waals surface area contributed by atoms with Gasteiger partial charge in [0.25, 0.3) is 0 Å². The lowest BCUT2D eigenvalue weighted by Gasteiger charge is -2.26. The number of hydrogen-bond acceptors (Lipinski definition) is 3. The highest BCUT2D eigenvalue weighted by atomic mass is 35.5. The summed E-state index contributed by atoms with van der Waals surface area (Å²) in [5.74, 6) is 0. The largest absolute Gasteiger partial charge is 0.382 e. The van der Waals surface area contributed by atoms with E-state index in [0.29, 0.717) is 6.04 Å². The summed E-state index contributed by atoms with van der Waals surface area (Å²) < 4.78 is 5.31. The molecule has 1 unspecified atom stereocenters. The Kier molecular flexibility index (Phi) is 8.86. The fraction of sp³-hybridized carbons (Fsp3) is 0.625. The molecule has 0 aliphatic rings. The molecule has 0 aliphatic carbocycles. The summed E-state index contributed by atoms with van der Waals surface area (Å²) in [6.07, 6.45) is 1.07. The molecule has 1 aromatic rings. The maximum atomic E-state index is 6.24. The third-order valence-electron chi connectivity index (χ3n) is 3.50. The topological polar surface area (TPSA) is 24.5 Å². The molecule has 3 nitrogen and oxygen atoms in total. The van der Waals surface area contributed by atoms with Gasteiger partial charge in [0.2, 0.25) is 0 Å². The van der Waals surface area contributed by atoms with Crippen molar-refractivity contribution in [2.24, 2.45) is 0 Å². The number of ether oxygens (including phenoxy) is 1. The molecule has 0 amide bonds. The fourth-order valence-corrected chi connectivity index (χ4v) is 2.36. The molecule has 4 heteroatoms. The summed E-state index contributed by atoms with van der Waals surface area (Å²) >= 11 is 6.24. The smallest absolute Gasteiger partial charge is 0.0477 e. The molecule has 1 N–H and O–H groups in total. The molecule has 0 spiro atoms. The zero-order chi connectivity index (χ0) is 14.8. The normalized spacial score (nSPS) is 12.8. The van der Waals surface area contributed by atoms with Crippen LogP contribution in [0.5, 0.6) is 0 Å². The predicted octanol–water partition coefficient (Wildman–Crippen LogP) is 3.35. The molecule has 114 valence electrons. The van der Waals surface area contributed by atoms with Crippen LogP contribution in [0.3, 0.4) is 0 Å². The van der Waals surface area contributed by atoms with Gasteiger partial charge < -0.3 is 10.1 Å². The molecule has 0 aliphatic heterocycles. The van der Waals surface area contributed by atoms with E-state index in [1.54, 1.807) is 0 Å². The van der Waals surface area contributed by atoms with Crippen molar-refractivity contribution in [3.05, 3.63) is 34.9 Å². The second-order valence-electron chi connectivity index (χ2n) is 4.98. The number of benzene rings is 1. The van der Waals surface area contributed by atoms with Gasteiger partial charge in [0.1, 0.15) is 0 Å². The van der Waals surface area contributed by atoms with E-state index in [1.165, 1.54) is 5.56 Å². The van der Waals surface area contributed by atoms with Crippen molar-refractivity contribution < 1.29 is 4.74 Å². The van der Waals surface area contributed by atoms with Gasteiger partial charge in [-0.15, -0.1) is 0 Å². The van der Waals surface area contributed by atoms with Crippen molar-refractivity contribution in [1.82, 2.24) is 10.2 Å². The van der Waals surface area contributed by atoms with Crippen LogP contribution >= 0.6 is 11.6 Å². The van der Waals surface area contributed by atoms with Crippen molar-refractivity contribution in [3.8, 4) is 0 Å². The Morgan fingerprint density at radius 1 is 1.30 bits per heavy atom. The molecule has 1 aromatic carbocycles. The molecule has 0 fully saturated rings. The van der Waals surface area contributed by atoms with Gasteiger partial charge in [0.15, 0.2) is 0 Å². The van der Waals surface area contributed by atoms with Gasteiger partial charge in [-0.25, -0.2) is 0 Å². The number of rotatable bonds is 10. The average molecular weight is 299 g/mol. The van der Waals surface area contributed by atoms with Gasteiger partial charge in [-0.3, -0.25) is 4.90 Å². The fourth-order valence-electron chi connectivity index (χ4n) is 2.07. The van der Waals surface area contributed by atoms with E-state index in [4.69, 9.17) is 16.3 Å². The van der Waals surface area contributed by atoms with Crippen molar-refractivity contribution in [2.45, 2.75) is 26.3 Å². The molecular weight excluding hydrogens is 272 g/mol. The third-order valence-corrected chi connectivity index (χ3v) is 3.85. The first-order valence-corrected chi connectivity index (χ1v) is 7.77. The molecule has 0 saturated heterocycles. The van der Waals surface area contributed by atoms with Crippen molar-refractivity contribution >= 4 is 11.6 Å². The number of nitrogens with zero attached hydrogens (tertiary/aromatic N) is 1. The second-order valence-corrected chi connectivity index (χ2v) is 5.39. The van der Waals surface area contributed by atoms with Crippen LogP contribution in [0.4, 0.5) is 0 Å². The van der Waals surface area contributed by atoms with E-state index in [9.17, 15) is 0 Å². The minimum Gasteiger partial charge on any atom is -0.382 e. The van der Waals surface area contributed by atoms with E-state index >= 15 is 0 Å². The van der Waals surface area contributed by atoms with Crippen molar-refractivity contribution in [1.29, 1.82) is 0 Å². The zero-order valence-corrected chi connectivity index (χ0v) is 13.6. The highest BCUT2D eigenvalue weighted by molar-refractivity contribution is 6.31. The first-order chi connectivity index (χ1) is 9.66. The Balaban J connectivity index is 2.22. The summed E-state index contributed by atoms with van der Waals surface area (Å²) in [5.41, 5.74) is 1.19. The first kappa shape index (κ1) is 17.4. The van der Waals surface area contributed by atoms with Crippen LogP contribution in [0.1, 0.15) is 31.9 Å². The summed E-state index contributed by atoms with van der Waals surface area (Å²) in [4.78, 5) is 2.32. The van der Waals surface area contributed by atoms with Crippen LogP contribution in [0.2, 0.25) is 5.02 Å². The first-order valence-electron chi connectivity index (χ1n) is 7.40. The van der Waals surface area contributed by atoms with E-state index in [1.807, 2.05) is 25.1 Å². The van der Waals surface area contributed by atoms with E-state index in [2.05, 4.69) is 30.3 Å². The van der Waals surface area contributed by atoms with Gasteiger partial charge in [0.05, 0.1) is 0 Å². The molecular formula is C16H27ClN2O. The highest BCUT2D eigenvalue weighted by Gasteiger charge is 2.13. The molecule has 1 atom stereocenters. The lowest BCUT2D eigenvalue weighted by Crippen LogP contribution is -2.32. The minimum absolute atomic E-state index is 0.328. The van der Waals surface area contributed by atoms with Crippen LogP contribution in [-0.4, -0.2) is 44.8 Å². The monoisotopic (exact) mass is 298 g/mol. The van der Waals surface area contributed by atoms with Crippen LogP contribution in [0.15, 0.2) is 24.3 Å². The Hall–Kier alpha value is -0.610. The summed E-state index contributed by atoms with van der Waals surface area (Å²) in [6.45, 7) is 8.86. The Bertz CT molecular complexity index is 373. The molecule has 0 bridgehead atoms. The molecule has 0 heterocycles. The summed E-state index contributed by atoms with van der Waals surface area (Å²) in [6, 6.07) is 8.39. The number of halogens is 1.